The molecule has 6 nitrogen and oxygen atoms in total. The molecule has 8 heteroatoms. The van der Waals surface area contributed by atoms with Crippen LogP contribution in [0.3, 0.4) is 0 Å². The molecule has 138 valence electrons. The van der Waals surface area contributed by atoms with Crippen LogP contribution in [0.15, 0.2) is 71.8 Å². The quantitative estimate of drug-likeness (QED) is 0.703. The summed E-state index contributed by atoms with van der Waals surface area (Å²) in [5.41, 5.74) is 0.760. The summed E-state index contributed by atoms with van der Waals surface area (Å²) in [6.45, 7) is 1.51. The number of rotatable bonds is 5. The number of nitrogens with zero attached hydrogens (tertiary/aromatic N) is 1. The Kier molecular flexibility index (Phi) is 5.18. The van der Waals surface area contributed by atoms with Gasteiger partial charge in [0, 0.05) is 17.4 Å². The van der Waals surface area contributed by atoms with Gasteiger partial charge in [-0.05, 0) is 61.0 Å². The van der Waals surface area contributed by atoms with Gasteiger partial charge in [-0.25, -0.2) is 17.8 Å². The molecule has 0 radical (unpaired) electrons. The SMILES string of the molecule is Cc1cc(F)ccc1S(=O)(=O)Nc1cccc(C(=O)Nc2ccccn2)c1. The zero-order chi connectivity index (χ0) is 19.4. The van der Waals surface area contributed by atoms with Crippen molar-refractivity contribution in [3.63, 3.8) is 0 Å². The molecule has 3 rings (SSSR count). The summed E-state index contributed by atoms with van der Waals surface area (Å²) < 4.78 is 40.8. The average Bonchev–Trinajstić information content (AvgIpc) is 2.62. The Hall–Kier alpha value is -3.26. The van der Waals surface area contributed by atoms with Crippen LogP contribution in [0.1, 0.15) is 15.9 Å². The van der Waals surface area contributed by atoms with Crippen LogP contribution in [-0.4, -0.2) is 19.3 Å². The van der Waals surface area contributed by atoms with E-state index in [4.69, 9.17) is 0 Å². The van der Waals surface area contributed by atoms with Gasteiger partial charge in [0.25, 0.3) is 15.9 Å². The third kappa shape index (κ3) is 4.48. The minimum atomic E-state index is -3.92. The second-order valence-electron chi connectivity index (χ2n) is 5.77. The van der Waals surface area contributed by atoms with E-state index in [9.17, 15) is 17.6 Å². The molecule has 1 heterocycles. The predicted molar refractivity (Wildman–Crippen MR) is 101 cm³/mol. The zero-order valence-electron chi connectivity index (χ0n) is 14.3. The van der Waals surface area contributed by atoms with Crippen molar-refractivity contribution in [1.29, 1.82) is 0 Å². The molecule has 0 atom stereocenters. The maximum Gasteiger partial charge on any atom is 0.262 e. The fraction of sp³-hybridized carbons (Fsp3) is 0.0526. The van der Waals surface area contributed by atoms with Crippen LogP contribution in [-0.2, 0) is 10.0 Å². The first-order valence-corrected chi connectivity index (χ1v) is 9.45. The van der Waals surface area contributed by atoms with Crippen LogP contribution in [0.5, 0.6) is 0 Å². The van der Waals surface area contributed by atoms with Gasteiger partial charge in [-0.2, -0.15) is 0 Å². The lowest BCUT2D eigenvalue weighted by molar-refractivity contribution is 0.102. The standard InChI is InChI=1S/C19H16FN3O3S/c1-13-11-15(20)8-9-17(13)27(25,26)23-16-6-4-5-14(12-16)19(24)22-18-7-2-3-10-21-18/h2-12,23H,1H3,(H,21,22,24). The highest BCUT2D eigenvalue weighted by Crippen LogP contribution is 2.21. The van der Waals surface area contributed by atoms with Crippen LogP contribution in [0.4, 0.5) is 15.9 Å². The van der Waals surface area contributed by atoms with Gasteiger partial charge >= 0.3 is 0 Å². The Bertz CT molecular complexity index is 1090. The largest absolute Gasteiger partial charge is 0.307 e. The van der Waals surface area contributed by atoms with E-state index in [2.05, 4.69) is 15.0 Å². The second-order valence-corrected chi connectivity index (χ2v) is 7.42. The van der Waals surface area contributed by atoms with Crippen molar-refractivity contribution in [3.05, 3.63) is 83.8 Å². The van der Waals surface area contributed by atoms with Crippen LogP contribution < -0.4 is 10.0 Å². The fourth-order valence-corrected chi connectivity index (χ4v) is 3.75. The van der Waals surface area contributed by atoms with Crippen LogP contribution in [0.25, 0.3) is 0 Å². The van der Waals surface area contributed by atoms with Crippen molar-refractivity contribution in [1.82, 2.24) is 4.98 Å². The number of carbonyl (C=O) groups is 1. The van der Waals surface area contributed by atoms with Gasteiger partial charge < -0.3 is 5.32 Å². The number of sulfonamides is 1. The summed E-state index contributed by atoms with van der Waals surface area (Å²) in [7, 11) is -3.92. The number of halogens is 1. The second kappa shape index (κ2) is 7.55. The van der Waals surface area contributed by atoms with Gasteiger partial charge in [-0.3, -0.25) is 9.52 Å². The number of aryl methyl sites for hydroxylation is 1. The number of hydrogen-bond donors (Lipinski definition) is 2. The molecule has 2 N–H and O–H groups in total. The predicted octanol–water partition coefficient (Wildman–Crippen LogP) is 3.58. The van der Waals surface area contributed by atoms with Gasteiger partial charge in [0.1, 0.15) is 11.6 Å². The highest BCUT2D eigenvalue weighted by atomic mass is 32.2. The van der Waals surface area contributed by atoms with Crippen LogP contribution >= 0.6 is 0 Å². The average molecular weight is 385 g/mol. The van der Waals surface area contributed by atoms with E-state index in [0.717, 1.165) is 12.1 Å². The lowest BCUT2D eigenvalue weighted by Gasteiger charge is -2.11. The van der Waals surface area contributed by atoms with E-state index < -0.39 is 21.7 Å². The third-order valence-electron chi connectivity index (χ3n) is 3.71. The van der Waals surface area contributed by atoms with Crippen molar-refractivity contribution in [2.24, 2.45) is 0 Å². The number of amides is 1. The number of hydrogen-bond acceptors (Lipinski definition) is 4. The van der Waals surface area contributed by atoms with Crippen molar-refractivity contribution in [3.8, 4) is 0 Å². The molecule has 0 aliphatic rings. The number of pyridine rings is 1. The topological polar surface area (TPSA) is 88.2 Å². The third-order valence-corrected chi connectivity index (χ3v) is 5.25. The minimum absolute atomic E-state index is 0.0350. The van der Waals surface area contributed by atoms with Crippen LogP contribution in [0.2, 0.25) is 0 Å². The van der Waals surface area contributed by atoms with E-state index in [1.165, 1.54) is 25.1 Å². The first-order valence-electron chi connectivity index (χ1n) is 7.96. The van der Waals surface area contributed by atoms with E-state index in [1.807, 2.05) is 0 Å². The number of carbonyl (C=O) groups excluding carboxylic acids is 1. The molecule has 3 aromatic rings. The smallest absolute Gasteiger partial charge is 0.262 e. The molecule has 0 saturated carbocycles. The van der Waals surface area contributed by atoms with Gasteiger partial charge in [0.15, 0.2) is 0 Å². The Morgan fingerprint density at radius 1 is 1.04 bits per heavy atom. The number of nitrogens with one attached hydrogen (secondary N) is 2. The molecule has 27 heavy (non-hydrogen) atoms. The fourth-order valence-electron chi connectivity index (χ4n) is 2.47. The Morgan fingerprint density at radius 2 is 1.85 bits per heavy atom. The van der Waals surface area contributed by atoms with E-state index in [-0.39, 0.29) is 21.7 Å². The Morgan fingerprint density at radius 3 is 2.56 bits per heavy atom. The lowest BCUT2D eigenvalue weighted by atomic mass is 10.2. The summed E-state index contributed by atoms with van der Waals surface area (Å²) >= 11 is 0. The minimum Gasteiger partial charge on any atom is -0.307 e. The van der Waals surface area contributed by atoms with Crippen molar-refractivity contribution in [2.75, 3.05) is 10.0 Å². The number of aromatic nitrogens is 1. The monoisotopic (exact) mass is 385 g/mol. The first-order chi connectivity index (χ1) is 12.8. The molecule has 0 aliphatic heterocycles. The first kappa shape index (κ1) is 18.5. The molecule has 1 aromatic heterocycles. The number of anilines is 2. The molecule has 0 unspecified atom stereocenters. The molecule has 0 saturated heterocycles. The molecular weight excluding hydrogens is 369 g/mol. The number of benzene rings is 2. The zero-order valence-corrected chi connectivity index (χ0v) is 15.1. The highest BCUT2D eigenvalue weighted by Gasteiger charge is 2.18. The molecule has 0 fully saturated rings. The maximum absolute atomic E-state index is 13.2. The summed E-state index contributed by atoms with van der Waals surface area (Å²) in [6.07, 6.45) is 1.55. The molecule has 1 amide bonds. The summed E-state index contributed by atoms with van der Waals surface area (Å²) in [4.78, 5) is 16.3. The normalized spacial score (nSPS) is 11.0. The summed E-state index contributed by atoms with van der Waals surface area (Å²) in [5, 5.41) is 2.63. The molecule has 2 aromatic carbocycles. The summed E-state index contributed by atoms with van der Waals surface area (Å²) in [6, 6.07) is 14.6. The van der Waals surface area contributed by atoms with Gasteiger partial charge in [-0.15, -0.1) is 0 Å². The Balaban J connectivity index is 1.82. The summed E-state index contributed by atoms with van der Waals surface area (Å²) in [5.74, 6) is -0.553. The Labute approximate surface area is 156 Å². The van der Waals surface area contributed by atoms with Crippen molar-refractivity contribution in [2.45, 2.75) is 11.8 Å². The van der Waals surface area contributed by atoms with Gasteiger partial charge in [-0.1, -0.05) is 12.1 Å². The van der Waals surface area contributed by atoms with Crippen LogP contribution in [0, 0.1) is 12.7 Å². The molecule has 0 bridgehead atoms. The van der Waals surface area contributed by atoms with E-state index in [0.29, 0.717) is 5.82 Å². The van der Waals surface area contributed by atoms with Gasteiger partial charge in [0.2, 0.25) is 0 Å². The highest BCUT2D eigenvalue weighted by molar-refractivity contribution is 7.92. The maximum atomic E-state index is 13.2. The van der Waals surface area contributed by atoms with Crippen molar-refractivity contribution < 1.29 is 17.6 Å². The lowest BCUT2D eigenvalue weighted by Crippen LogP contribution is -2.16. The molecule has 0 spiro atoms. The molecule has 0 aliphatic carbocycles. The molecular formula is C19H16FN3O3S. The van der Waals surface area contributed by atoms with Gasteiger partial charge in [0.05, 0.1) is 4.90 Å². The van der Waals surface area contributed by atoms with Crippen molar-refractivity contribution >= 4 is 27.4 Å². The van der Waals surface area contributed by atoms with E-state index >= 15 is 0 Å². The van der Waals surface area contributed by atoms with E-state index in [1.54, 1.807) is 36.5 Å².